The van der Waals surface area contributed by atoms with E-state index in [0.29, 0.717) is 6.42 Å². The van der Waals surface area contributed by atoms with E-state index in [4.69, 9.17) is 4.42 Å². The van der Waals surface area contributed by atoms with Gasteiger partial charge in [-0.15, -0.1) is 0 Å². The Morgan fingerprint density at radius 1 is 1.44 bits per heavy atom. The Morgan fingerprint density at radius 3 is 3.19 bits per heavy atom. The van der Waals surface area contributed by atoms with E-state index in [1.165, 1.54) is 0 Å². The Labute approximate surface area is 93.8 Å². The van der Waals surface area contributed by atoms with Crippen LogP contribution in [0, 0.1) is 0 Å². The zero-order valence-electron chi connectivity index (χ0n) is 8.90. The first-order chi connectivity index (χ1) is 7.84. The van der Waals surface area contributed by atoms with Crippen LogP contribution >= 0.6 is 0 Å². The fourth-order valence-electron chi connectivity index (χ4n) is 2.32. The molecular formula is C13H13NO2. The van der Waals surface area contributed by atoms with E-state index < -0.39 is 0 Å². The van der Waals surface area contributed by atoms with Gasteiger partial charge in [0.05, 0.1) is 24.3 Å². The van der Waals surface area contributed by atoms with E-state index in [1.54, 1.807) is 12.5 Å². The van der Waals surface area contributed by atoms with E-state index in [0.717, 1.165) is 29.7 Å². The maximum atomic E-state index is 11.7. The molecule has 0 amide bonds. The van der Waals surface area contributed by atoms with Crippen LogP contribution in [-0.2, 0) is 4.79 Å². The molecule has 1 aliphatic heterocycles. The number of carbonyl (C=O) groups excluding carboxylic acids is 1. The number of allylic oxidation sites excluding steroid dienone is 4. The molecule has 2 aliphatic rings. The summed E-state index contributed by atoms with van der Waals surface area (Å²) in [7, 11) is 0. The summed E-state index contributed by atoms with van der Waals surface area (Å²) in [6, 6.07) is 2.17. The van der Waals surface area contributed by atoms with Crippen LogP contribution in [0.5, 0.6) is 0 Å². The van der Waals surface area contributed by atoms with Crippen LogP contribution in [0.25, 0.3) is 0 Å². The minimum atomic E-state index is 0.200. The predicted octanol–water partition coefficient (Wildman–Crippen LogP) is 2.49. The Bertz CT molecular complexity index is 468. The van der Waals surface area contributed by atoms with Gasteiger partial charge < -0.3 is 9.73 Å². The minimum Gasteiger partial charge on any atom is -0.472 e. The molecule has 1 aromatic heterocycles. The summed E-state index contributed by atoms with van der Waals surface area (Å²) >= 11 is 0. The van der Waals surface area contributed by atoms with Crippen molar-refractivity contribution in [2.45, 2.75) is 25.3 Å². The lowest BCUT2D eigenvalue weighted by Gasteiger charge is -2.28. The molecule has 3 heteroatoms. The van der Waals surface area contributed by atoms with Crippen LogP contribution in [0.2, 0.25) is 0 Å². The fourth-order valence-corrected chi connectivity index (χ4v) is 2.32. The predicted molar refractivity (Wildman–Crippen MR) is 59.6 cm³/mol. The molecule has 1 N–H and O–H groups in total. The number of hydrogen-bond acceptors (Lipinski definition) is 3. The van der Waals surface area contributed by atoms with Crippen LogP contribution in [-0.4, -0.2) is 5.78 Å². The monoisotopic (exact) mass is 215 g/mol. The lowest BCUT2D eigenvalue weighted by atomic mass is 9.90. The highest BCUT2D eigenvalue weighted by Crippen LogP contribution is 2.31. The van der Waals surface area contributed by atoms with Crippen LogP contribution in [0.3, 0.4) is 0 Å². The van der Waals surface area contributed by atoms with Gasteiger partial charge in [-0.05, 0) is 24.5 Å². The molecule has 1 unspecified atom stereocenters. The van der Waals surface area contributed by atoms with Crippen molar-refractivity contribution in [2.75, 3.05) is 0 Å². The molecule has 1 aromatic rings. The topological polar surface area (TPSA) is 42.2 Å². The molecule has 0 spiro atoms. The SMILES string of the molecule is O=C1CC=CC2=C1NC(c1ccoc1)CC2. The van der Waals surface area contributed by atoms with Gasteiger partial charge in [-0.1, -0.05) is 12.2 Å². The molecule has 0 bridgehead atoms. The van der Waals surface area contributed by atoms with Crippen molar-refractivity contribution in [3.8, 4) is 0 Å². The zero-order chi connectivity index (χ0) is 11.0. The normalized spacial score (nSPS) is 24.2. The van der Waals surface area contributed by atoms with Gasteiger partial charge in [0.25, 0.3) is 0 Å². The molecule has 16 heavy (non-hydrogen) atoms. The summed E-state index contributed by atoms with van der Waals surface area (Å²) in [6.07, 6.45) is 9.91. The van der Waals surface area contributed by atoms with Crippen molar-refractivity contribution in [3.63, 3.8) is 0 Å². The third-order valence-electron chi connectivity index (χ3n) is 3.19. The summed E-state index contributed by atoms with van der Waals surface area (Å²) in [6.45, 7) is 0. The third-order valence-corrected chi connectivity index (χ3v) is 3.19. The molecule has 3 rings (SSSR count). The van der Waals surface area contributed by atoms with Crippen LogP contribution in [0.1, 0.15) is 30.9 Å². The van der Waals surface area contributed by atoms with E-state index in [1.807, 2.05) is 12.1 Å². The van der Waals surface area contributed by atoms with E-state index in [2.05, 4.69) is 11.4 Å². The van der Waals surface area contributed by atoms with Crippen molar-refractivity contribution in [2.24, 2.45) is 0 Å². The number of hydrogen-bond donors (Lipinski definition) is 1. The number of carbonyl (C=O) groups is 1. The zero-order valence-corrected chi connectivity index (χ0v) is 8.90. The standard InChI is InChI=1S/C13H13NO2/c15-12-3-1-2-9-4-5-11(14-13(9)12)10-6-7-16-8-10/h1-2,6-8,11,14H,3-5H2. The molecule has 0 aromatic carbocycles. The first-order valence-electron chi connectivity index (χ1n) is 5.56. The lowest BCUT2D eigenvalue weighted by Crippen LogP contribution is -2.31. The van der Waals surface area contributed by atoms with E-state index in [-0.39, 0.29) is 11.8 Å². The second-order valence-electron chi connectivity index (χ2n) is 4.22. The van der Waals surface area contributed by atoms with E-state index in [9.17, 15) is 4.79 Å². The summed E-state index contributed by atoms with van der Waals surface area (Å²) in [5, 5.41) is 3.33. The van der Waals surface area contributed by atoms with Gasteiger partial charge in [0.15, 0.2) is 5.78 Å². The van der Waals surface area contributed by atoms with Crippen LogP contribution in [0.15, 0.2) is 46.4 Å². The first kappa shape index (κ1) is 9.46. The Balaban J connectivity index is 1.88. The molecular weight excluding hydrogens is 202 g/mol. The smallest absolute Gasteiger partial charge is 0.182 e. The number of Topliss-reactive ketones (excluding diaryl/α,β-unsaturated/α-hetero) is 1. The van der Waals surface area contributed by atoms with Gasteiger partial charge in [0.1, 0.15) is 0 Å². The highest BCUT2D eigenvalue weighted by atomic mass is 16.3. The average Bonchev–Trinajstić information content (AvgIpc) is 2.83. The van der Waals surface area contributed by atoms with Crippen molar-refractivity contribution in [1.82, 2.24) is 5.32 Å². The number of nitrogens with one attached hydrogen (secondary N) is 1. The molecule has 0 saturated heterocycles. The fraction of sp³-hybridized carbons (Fsp3) is 0.308. The Kier molecular flexibility index (Phi) is 2.17. The highest BCUT2D eigenvalue weighted by Gasteiger charge is 2.26. The first-order valence-corrected chi connectivity index (χ1v) is 5.56. The molecule has 0 saturated carbocycles. The molecule has 1 atom stereocenters. The van der Waals surface area contributed by atoms with Crippen molar-refractivity contribution in [1.29, 1.82) is 0 Å². The lowest BCUT2D eigenvalue weighted by molar-refractivity contribution is -0.115. The van der Waals surface area contributed by atoms with Gasteiger partial charge in [-0.2, -0.15) is 0 Å². The van der Waals surface area contributed by atoms with Gasteiger partial charge in [0, 0.05) is 12.0 Å². The maximum Gasteiger partial charge on any atom is 0.182 e. The largest absolute Gasteiger partial charge is 0.472 e. The Hall–Kier alpha value is -1.77. The number of ketones is 1. The maximum absolute atomic E-state index is 11.7. The van der Waals surface area contributed by atoms with E-state index >= 15 is 0 Å². The molecule has 2 heterocycles. The van der Waals surface area contributed by atoms with Gasteiger partial charge in [-0.25, -0.2) is 0 Å². The summed E-state index contributed by atoms with van der Waals surface area (Å²) in [5.74, 6) is 0.200. The second-order valence-corrected chi connectivity index (χ2v) is 4.22. The highest BCUT2D eigenvalue weighted by molar-refractivity contribution is 5.98. The molecule has 1 aliphatic carbocycles. The molecule has 82 valence electrons. The van der Waals surface area contributed by atoms with Crippen molar-refractivity contribution >= 4 is 5.78 Å². The summed E-state index contributed by atoms with van der Waals surface area (Å²) < 4.78 is 5.08. The van der Waals surface area contributed by atoms with Gasteiger partial charge >= 0.3 is 0 Å². The quantitative estimate of drug-likeness (QED) is 0.782. The van der Waals surface area contributed by atoms with Crippen molar-refractivity contribution in [3.05, 3.63) is 47.6 Å². The van der Waals surface area contributed by atoms with Gasteiger partial charge in [-0.3, -0.25) is 4.79 Å². The summed E-state index contributed by atoms with van der Waals surface area (Å²) in [4.78, 5) is 11.7. The van der Waals surface area contributed by atoms with Crippen molar-refractivity contribution < 1.29 is 9.21 Å². The minimum absolute atomic E-state index is 0.200. The number of furan rings is 1. The second kappa shape index (κ2) is 3.67. The average molecular weight is 215 g/mol. The summed E-state index contributed by atoms with van der Waals surface area (Å²) in [5.41, 5.74) is 3.07. The van der Waals surface area contributed by atoms with Crippen LogP contribution < -0.4 is 5.32 Å². The Morgan fingerprint density at radius 2 is 2.38 bits per heavy atom. The molecule has 3 nitrogen and oxygen atoms in total. The molecule has 0 radical (unpaired) electrons. The van der Waals surface area contributed by atoms with Gasteiger partial charge in [0.2, 0.25) is 0 Å². The molecule has 0 fully saturated rings. The van der Waals surface area contributed by atoms with Crippen LogP contribution in [0.4, 0.5) is 0 Å². The number of rotatable bonds is 1. The third kappa shape index (κ3) is 1.48.